The summed E-state index contributed by atoms with van der Waals surface area (Å²) >= 11 is 0. The SMILES string of the molecule is CC=C(C(=O)O)[C@H]1CC[C@H](c2ccc(OC)cc2)CC1. The van der Waals surface area contributed by atoms with Gasteiger partial charge in [0.05, 0.1) is 7.11 Å². The van der Waals surface area contributed by atoms with E-state index >= 15 is 0 Å². The number of benzene rings is 1. The number of methoxy groups -OCH3 is 1. The molecule has 0 amide bonds. The van der Waals surface area contributed by atoms with E-state index in [2.05, 4.69) is 12.1 Å². The average Bonchev–Trinajstić information content (AvgIpc) is 2.48. The normalized spacial score (nSPS) is 23.4. The van der Waals surface area contributed by atoms with E-state index in [1.54, 1.807) is 13.2 Å². The van der Waals surface area contributed by atoms with Crippen LogP contribution in [-0.2, 0) is 4.79 Å². The second kappa shape index (κ2) is 6.60. The van der Waals surface area contributed by atoms with Crippen LogP contribution in [0.5, 0.6) is 5.75 Å². The maximum Gasteiger partial charge on any atom is 0.331 e. The first kappa shape index (κ1) is 14.6. The third kappa shape index (κ3) is 3.21. The number of hydrogen-bond donors (Lipinski definition) is 1. The highest BCUT2D eigenvalue weighted by Crippen LogP contribution is 2.39. The molecule has 1 fully saturated rings. The molecule has 2 rings (SSSR count). The Balaban J connectivity index is 1.98. The van der Waals surface area contributed by atoms with Crippen molar-refractivity contribution in [1.82, 2.24) is 0 Å². The predicted molar refractivity (Wildman–Crippen MR) is 79.1 cm³/mol. The molecule has 0 bridgehead atoms. The fraction of sp³-hybridized carbons (Fsp3) is 0.471. The number of aliphatic carboxylic acids is 1. The van der Waals surface area contributed by atoms with Gasteiger partial charge >= 0.3 is 5.97 Å². The Morgan fingerprint density at radius 3 is 2.25 bits per heavy atom. The molecule has 1 aromatic rings. The molecule has 0 saturated heterocycles. The van der Waals surface area contributed by atoms with Crippen molar-refractivity contribution >= 4 is 5.97 Å². The van der Waals surface area contributed by atoms with Gasteiger partial charge in [-0.2, -0.15) is 0 Å². The van der Waals surface area contributed by atoms with E-state index in [0.29, 0.717) is 11.5 Å². The van der Waals surface area contributed by atoms with Crippen molar-refractivity contribution in [2.45, 2.75) is 38.5 Å². The summed E-state index contributed by atoms with van der Waals surface area (Å²) in [6.45, 7) is 1.82. The molecule has 0 aromatic heterocycles. The molecular weight excluding hydrogens is 252 g/mol. The lowest BCUT2D eigenvalue weighted by atomic mass is 9.76. The maximum atomic E-state index is 11.2. The Bertz CT molecular complexity index is 479. The summed E-state index contributed by atoms with van der Waals surface area (Å²) in [5.41, 5.74) is 1.92. The zero-order chi connectivity index (χ0) is 14.5. The molecule has 0 spiro atoms. The Labute approximate surface area is 120 Å². The molecule has 0 radical (unpaired) electrons. The van der Waals surface area contributed by atoms with Crippen molar-refractivity contribution in [3.8, 4) is 5.75 Å². The van der Waals surface area contributed by atoms with Crippen LogP contribution in [0.3, 0.4) is 0 Å². The third-order valence-electron chi connectivity index (χ3n) is 4.31. The predicted octanol–water partition coefficient (Wildman–Crippen LogP) is 4.00. The summed E-state index contributed by atoms with van der Waals surface area (Å²) in [4.78, 5) is 11.2. The first-order valence-electron chi connectivity index (χ1n) is 7.19. The van der Waals surface area contributed by atoms with Gasteiger partial charge < -0.3 is 9.84 Å². The fourth-order valence-electron chi connectivity index (χ4n) is 3.15. The van der Waals surface area contributed by atoms with Crippen molar-refractivity contribution in [3.05, 3.63) is 41.5 Å². The van der Waals surface area contributed by atoms with Crippen LogP contribution in [0.15, 0.2) is 35.9 Å². The van der Waals surface area contributed by atoms with Gasteiger partial charge in [0.2, 0.25) is 0 Å². The second-order valence-corrected chi connectivity index (χ2v) is 5.37. The summed E-state index contributed by atoms with van der Waals surface area (Å²) in [5, 5.41) is 9.18. The first-order valence-corrected chi connectivity index (χ1v) is 7.19. The number of ether oxygens (including phenoxy) is 1. The van der Waals surface area contributed by atoms with Gasteiger partial charge in [-0.25, -0.2) is 4.79 Å². The van der Waals surface area contributed by atoms with E-state index in [1.807, 2.05) is 19.1 Å². The smallest absolute Gasteiger partial charge is 0.331 e. The highest BCUT2D eigenvalue weighted by atomic mass is 16.5. The Morgan fingerprint density at radius 1 is 1.20 bits per heavy atom. The van der Waals surface area contributed by atoms with E-state index in [1.165, 1.54) is 5.56 Å². The van der Waals surface area contributed by atoms with Gasteiger partial charge in [-0.05, 0) is 62.1 Å². The van der Waals surface area contributed by atoms with Gasteiger partial charge in [0.1, 0.15) is 5.75 Å². The van der Waals surface area contributed by atoms with Crippen molar-refractivity contribution in [2.75, 3.05) is 7.11 Å². The lowest BCUT2D eigenvalue weighted by Gasteiger charge is -2.29. The minimum absolute atomic E-state index is 0.215. The molecule has 3 heteroatoms. The van der Waals surface area contributed by atoms with Crippen molar-refractivity contribution in [2.24, 2.45) is 5.92 Å². The number of carboxylic acids is 1. The zero-order valence-corrected chi connectivity index (χ0v) is 12.1. The molecule has 1 N–H and O–H groups in total. The van der Waals surface area contributed by atoms with Crippen LogP contribution in [0, 0.1) is 5.92 Å². The first-order chi connectivity index (χ1) is 9.65. The molecule has 0 atom stereocenters. The van der Waals surface area contributed by atoms with Gasteiger partial charge in [-0.15, -0.1) is 0 Å². The molecular formula is C17H22O3. The van der Waals surface area contributed by atoms with E-state index < -0.39 is 5.97 Å². The second-order valence-electron chi connectivity index (χ2n) is 5.37. The lowest BCUT2D eigenvalue weighted by Crippen LogP contribution is -2.19. The quantitative estimate of drug-likeness (QED) is 0.844. The molecule has 0 aliphatic heterocycles. The molecule has 1 saturated carbocycles. The third-order valence-corrected chi connectivity index (χ3v) is 4.31. The zero-order valence-electron chi connectivity index (χ0n) is 12.1. The van der Waals surface area contributed by atoms with Crippen LogP contribution in [0.25, 0.3) is 0 Å². The highest BCUT2D eigenvalue weighted by Gasteiger charge is 2.27. The monoisotopic (exact) mass is 274 g/mol. The molecule has 1 aliphatic rings. The van der Waals surface area contributed by atoms with Gasteiger partial charge in [0, 0.05) is 5.57 Å². The number of carboxylic acid groups (broad SMARTS) is 1. The van der Waals surface area contributed by atoms with Crippen LogP contribution in [0.1, 0.15) is 44.1 Å². The van der Waals surface area contributed by atoms with E-state index in [-0.39, 0.29) is 5.92 Å². The summed E-state index contributed by atoms with van der Waals surface area (Å²) < 4.78 is 5.17. The molecule has 3 nitrogen and oxygen atoms in total. The topological polar surface area (TPSA) is 46.5 Å². The minimum Gasteiger partial charge on any atom is -0.497 e. The minimum atomic E-state index is -0.764. The molecule has 0 heterocycles. The molecule has 108 valence electrons. The van der Waals surface area contributed by atoms with Crippen LogP contribution in [0.2, 0.25) is 0 Å². The summed E-state index contributed by atoms with van der Waals surface area (Å²) in [6.07, 6.45) is 5.79. The van der Waals surface area contributed by atoms with Crippen LogP contribution < -0.4 is 4.74 Å². The van der Waals surface area contributed by atoms with E-state index in [4.69, 9.17) is 4.74 Å². The maximum absolute atomic E-state index is 11.2. The summed E-state index contributed by atoms with van der Waals surface area (Å²) in [5.74, 6) is 0.876. The number of carbonyl (C=O) groups is 1. The largest absolute Gasteiger partial charge is 0.497 e. The summed E-state index contributed by atoms with van der Waals surface area (Å²) in [7, 11) is 1.67. The number of hydrogen-bond acceptors (Lipinski definition) is 2. The van der Waals surface area contributed by atoms with Crippen molar-refractivity contribution in [3.63, 3.8) is 0 Å². The fourth-order valence-corrected chi connectivity index (χ4v) is 3.15. The Kier molecular flexibility index (Phi) is 4.83. The molecule has 20 heavy (non-hydrogen) atoms. The molecule has 0 unspecified atom stereocenters. The Hall–Kier alpha value is -1.77. The van der Waals surface area contributed by atoms with Gasteiger partial charge in [-0.1, -0.05) is 18.2 Å². The van der Waals surface area contributed by atoms with Crippen molar-refractivity contribution in [1.29, 1.82) is 0 Å². The molecule has 1 aromatic carbocycles. The van der Waals surface area contributed by atoms with Crippen molar-refractivity contribution < 1.29 is 14.6 Å². The van der Waals surface area contributed by atoms with E-state index in [0.717, 1.165) is 31.4 Å². The van der Waals surface area contributed by atoms with Gasteiger partial charge in [0.15, 0.2) is 0 Å². The van der Waals surface area contributed by atoms with Gasteiger partial charge in [0.25, 0.3) is 0 Å². The van der Waals surface area contributed by atoms with Crippen LogP contribution >= 0.6 is 0 Å². The standard InChI is InChI=1S/C17H22O3/c1-3-16(17(18)19)14-6-4-12(5-7-14)13-8-10-15(20-2)11-9-13/h3,8-12,14H,4-7H2,1-2H3,(H,18,19)/t12-,14-. The van der Waals surface area contributed by atoms with Crippen LogP contribution in [0.4, 0.5) is 0 Å². The number of rotatable bonds is 4. The summed E-state index contributed by atoms with van der Waals surface area (Å²) in [6, 6.07) is 8.24. The molecule has 1 aliphatic carbocycles. The van der Waals surface area contributed by atoms with Crippen LogP contribution in [-0.4, -0.2) is 18.2 Å². The lowest BCUT2D eigenvalue weighted by molar-refractivity contribution is -0.133. The van der Waals surface area contributed by atoms with Gasteiger partial charge in [-0.3, -0.25) is 0 Å². The Morgan fingerprint density at radius 2 is 1.80 bits per heavy atom. The van der Waals surface area contributed by atoms with E-state index in [9.17, 15) is 9.90 Å². The average molecular weight is 274 g/mol. The number of allylic oxidation sites excluding steroid dienone is 1. The highest BCUT2D eigenvalue weighted by molar-refractivity contribution is 5.87.